The van der Waals surface area contributed by atoms with E-state index < -0.39 is 17.2 Å². The molecule has 0 atom stereocenters. The summed E-state index contributed by atoms with van der Waals surface area (Å²) in [6, 6.07) is 7.27. The Labute approximate surface area is 179 Å². The fourth-order valence-corrected chi connectivity index (χ4v) is 4.45. The number of anilines is 2. The number of aromatic nitrogens is 2. The molecule has 31 heavy (non-hydrogen) atoms. The number of carbonyl (C=O) groups is 1. The van der Waals surface area contributed by atoms with Gasteiger partial charge >= 0.3 is 5.69 Å². The molecule has 1 aromatic carbocycles. The Bertz CT molecular complexity index is 1230. The van der Waals surface area contributed by atoms with E-state index in [-0.39, 0.29) is 23.3 Å². The van der Waals surface area contributed by atoms with Gasteiger partial charge in [0.1, 0.15) is 11.4 Å². The molecule has 2 heterocycles. The van der Waals surface area contributed by atoms with Crippen LogP contribution in [0, 0.1) is 6.92 Å². The first-order valence-electron chi connectivity index (χ1n) is 10.9. The number of aryl methyl sites for hydroxylation is 1. The van der Waals surface area contributed by atoms with E-state index in [2.05, 4.69) is 4.98 Å². The molecule has 1 amide bonds. The highest BCUT2D eigenvalue weighted by Crippen LogP contribution is 2.33. The Morgan fingerprint density at radius 1 is 1.26 bits per heavy atom. The first kappa shape index (κ1) is 21.0. The van der Waals surface area contributed by atoms with Crippen molar-refractivity contribution in [2.75, 3.05) is 10.6 Å². The molecular weight excluding hydrogens is 396 g/mol. The summed E-state index contributed by atoms with van der Waals surface area (Å²) in [5.41, 5.74) is 6.51. The standard InChI is InChI=1S/C23H28N4O4/c1-3-4-13-26-20(24)18(21(28)25-23(26)30)27(15-9-5-6-10-15)22(29)19-14(2)16-11-7-8-12-17(16)31-19/h7-8,11-12,15H,3-6,9-10,13,24H2,1-2H3,(H,25,28,30). The number of H-pyrrole nitrogens is 1. The highest BCUT2D eigenvalue weighted by molar-refractivity contribution is 6.09. The number of hydrogen-bond acceptors (Lipinski definition) is 5. The summed E-state index contributed by atoms with van der Waals surface area (Å²) in [5, 5.41) is 0.854. The summed E-state index contributed by atoms with van der Waals surface area (Å²) in [5.74, 6) is -0.187. The normalized spacial score (nSPS) is 14.4. The number of hydrogen-bond donors (Lipinski definition) is 2. The third kappa shape index (κ3) is 3.66. The molecule has 0 saturated heterocycles. The van der Waals surface area contributed by atoms with Gasteiger partial charge in [0.05, 0.1) is 0 Å². The number of nitrogens with zero attached hydrogens (tertiary/aromatic N) is 2. The minimum absolute atomic E-state index is 0.0243. The Hall–Kier alpha value is -3.29. The summed E-state index contributed by atoms with van der Waals surface area (Å²) in [6.07, 6.45) is 5.04. The first-order valence-corrected chi connectivity index (χ1v) is 10.9. The van der Waals surface area contributed by atoms with Gasteiger partial charge in [-0.3, -0.25) is 24.0 Å². The molecular formula is C23H28N4O4. The average Bonchev–Trinajstić information content (AvgIpc) is 3.39. The van der Waals surface area contributed by atoms with Gasteiger partial charge in [0, 0.05) is 23.5 Å². The van der Waals surface area contributed by atoms with Crippen LogP contribution in [0.15, 0.2) is 38.3 Å². The Kier molecular flexibility index (Phi) is 5.71. The van der Waals surface area contributed by atoms with Crippen LogP contribution < -0.4 is 21.9 Å². The number of para-hydroxylation sites is 1. The van der Waals surface area contributed by atoms with Crippen molar-refractivity contribution in [3.8, 4) is 0 Å². The lowest BCUT2D eigenvalue weighted by molar-refractivity contribution is 0.0951. The average molecular weight is 425 g/mol. The molecule has 0 bridgehead atoms. The van der Waals surface area contributed by atoms with Gasteiger partial charge in [0.25, 0.3) is 11.5 Å². The zero-order chi connectivity index (χ0) is 22.1. The zero-order valence-corrected chi connectivity index (χ0v) is 17.9. The van der Waals surface area contributed by atoms with E-state index in [9.17, 15) is 14.4 Å². The molecule has 0 spiro atoms. The lowest BCUT2D eigenvalue weighted by atomic mass is 10.1. The molecule has 1 fully saturated rings. The van der Waals surface area contributed by atoms with Crippen molar-refractivity contribution in [2.24, 2.45) is 0 Å². The monoisotopic (exact) mass is 424 g/mol. The predicted octanol–water partition coefficient (Wildman–Crippen LogP) is 3.56. The quantitative estimate of drug-likeness (QED) is 0.628. The van der Waals surface area contributed by atoms with Gasteiger partial charge in [0.15, 0.2) is 11.4 Å². The first-order chi connectivity index (χ1) is 14.9. The van der Waals surface area contributed by atoms with E-state index in [4.69, 9.17) is 10.2 Å². The summed E-state index contributed by atoms with van der Waals surface area (Å²) >= 11 is 0. The molecule has 0 unspecified atom stereocenters. The summed E-state index contributed by atoms with van der Waals surface area (Å²) in [7, 11) is 0. The number of aromatic amines is 1. The van der Waals surface area contributed by atoms with Crippen molar-refractivity contribution >= 4 is 28.4 Å². The molecule has 3 N–H and O–H groups in total. The Balaban J connectivity index is 1.88. The van der Waals surface area contributed by atoms with Crippen molar-refractivity contribution in [2.45, 2.75) is 65.0 Å². The van der Waals surface area contributed by atoms with Crippen LogP contribution in [0.5, 0.6) is 0 Å². The van der Waals surface area contributed by atoms with E-state index in [0.29, 0.717) is 12.1 Å². The molecule has 1 saturated carbocycles. The largest absolute Gasteiger partial charge is 0.451 e. The van der Waals surface area contributed by atoms with Crippen molar-refractivity contribution in [1.29, 1.82) is 0 Å². The maximum absolute atomic E-state index is 13.8. The maximum atomic E-state index is 13.8. The van der Waals surface area contributed by atoms with E-state index in [1.165, 1.54) is 9.47 Å². The highest BCUT2D eigenvalue weighted by atomic mass is 16.3. The number of amides is 1. The third-order valence-electron chi connectivity index (χ3n) is 6.14. The van der Waals surface area contributed by atoms with Crippen LogP contribution in [-0.2, 0) is 6.54 Å². The molecule has 164 valence electrons. The number of unbranched alkanes of at least 4 members (excludes halogenated alkanes) is 1. The molecule has 8 heteroatoms. The van der Waals surface area contributed by atoms with E-state index in [1.807, 2.05) is 38.1 Å². The van der Waals surface area contributed by atoms with Gasteiger partial charge in [-0.15, -0.1) is 0 Å². The molecule has 1 aliphatic rings. The summed E-state index contributed by atoms with van der Waals surface area (Å²) in [6.45, 7) is 4.22. The number of furan rings is 1. The number of fused-ring (bicyclic) bond motifs is 1. The van der Waals surface area contributed by atoms with Gasteiger partial charge in [-0.05, 0) is 32.3 Å². The van der Waals surface area contributed by atoms with E-state index in [0.717, 1.165) is 49.5 Å². The number of carbonyl (C=O) groups excluding carboxylic acids is 1. The molecule has 0 aliphatic heterocycles. The fraction of sp³-hybridized carbons (Fsp3) is 0.435. The van der Waals surface area contributed by atoms with E-state index in [1.54, 1.807) is 0 Å². The van der Waals surface area contributed by atoms with Crippen molar-refractivity contribution in [3.63, 3.8) is 0 Å². The summed E-state index contributed by atoms with van der Waals surface area (Å²) in [4.78, 5) is 42.9. The molecule has 4 rings (SSSR count). The third-order valence-corrected chi connectivity index (χ3v) is 6.14. The second kappa shape index (κ2) is 8.45. The second-order valence-electron chi connectivity index (χ2n) is 8.16. The topological polar surface area (TPSA) is 114 Å². The van der Waals surface area contributed by atoms with Crippen LogP contribution >= 0.6 is 0 Å². The molecule has 1 aliphatic carbocycles. The minimum Gasteiger partial charge on any atom is -0.451 e. The minimum atomic E-state index is -0.649. The highest BCUT2D eigenvalue weighted by Gasteiger charge is 2.35. The Morgan fingerprint density at radius 3 is 2.65 bits per heavy atom. The molecule has 3 aromatic rings. The SMILES string of the molecule is CCCCn1c(N)c(N(C(=O)c2oc3ccccc3c2C)C2CCCC2)c(=O)[nH]c1=O. The maximum Gasteiger partial charge on any atom is 0.330 e. The summed E-state index contributed by atoms with van der Waals surface area (Å²) < 4.78 is 7.26. The Morgan fingerprint density at radius 2 is 1.97 bits per heavy atom. The van der Waals surface area contributed by atoms with Crippen LogP contribution in [0.1, 0.15) is 61.6 Å². The van der Waals surface area contributed by atoms with Gasteiger partial charge in [-0.25, -0.2) is 4.79 Å². The van der Waals surface area contributed by atoms with Crippen molar-refractivity contribution in [3.05, 3.63) is 56.4 Å². The lowest BCUT2D eigenvalue weighted by Gasteiger charge is -2.29. The molecule has 8 nitrogen and oxygen atoms in total. The number of benzene rings is 1. The molecule has 2 aromatic heterocycles. The smallest absolute Gasteiger partial charge is 0.330 e. The number of rotatable bonds is 6. The van der Waals surface area contributed by atoms with Crippen LogP contribution in [0.3, 0.4) is 0 Å². The number of nitrogen functional groups attached to an aromatic ring is 1. The second-order valence-corrected chi connectivity index (χ2v) is 8.16. The lowest BCUT2D eigenvalue weighted by Crippen LogP contribution is -2.45. The van der Waals surface area contributed by atoms with Gasteiger partial charge in [-0.2, -0.15) is 0 Å². The van der Waals surface area contributed by atoms with Crippen LogP contribution in [-0.4, -0.2) is 21.5 Å². The molecule has 0 radical (unpaired) electrons. The van der Waals surface area contributed by atoms with Crippen LogP contribution in [0.4, 0.5) is 11.5 Å². The van der Waals surface area contributed by atoms with Crippen molar-refractivity contribution in [1.82, 2.24) is 9.55 Å². The van der Waals surface area contributed by atoms with Crippen molar-refractivity contribution < 1.29 is 9.21 Å². The number of nitrogens with two attached hydrogens (primary N) is 1. The van der Waals surface area contributed by atoms with Gasteiger partial charge in [-0.1, -0.05) is 44.4 Å². The van der Waals surface area contributed by atoms with Gasteiger partial charge < -0.3 is 10.2 Å². The fourth-order valence-electron chi connectivity index (χ4n) is 4.45. The number of nitrogens with one attached hydrogen (secondary N) is 1. The van der Waals surface area contributed by atoms with E-state index >= 15 is 0 Å². The van der Waals surface area contributed by atoms with Crippen LogP contribution in [0.2, 0.25) is 0 Å². The predicted molar refractivity (Wildman–Crippen MR) is 121 cm³/mol. The van der Waals surface area contributed by atoms with Crippen LogP contribution in [0.25, 0.3) is 11.0 Å². The zero-order valence-electron chi connectivity index (χ0n) is 17.9. The van der Waals surface area contributed by atoms with Gasteiger partial charge in [0.2, 0.25) is 0 Å².